The fourth-order valence-electron chi connectivity index (χ4n) is 4.48. The van der Waals surface area contributed by atoms with Crippen LogP contribution >= 0.6 is 0 Å². The number of hydrogen-bond acceptors (Lipinski definition) is 6. The van der Waals surface area contributed by atoms with Gasteiger partial charge < -0.3 is 20.4 Å². The van der Waals surface area contributed by atoms with Gasteiger partial charge in [0.2, 0.25) is 5.91 Å². The maximum Gasteiger partial charge on any atom is 0.255 e. The predicted octanol–water partition coefficient (Wildman–Crippen LogP) is 2.01. The molecule has 188 valence electrons. The van der Waals surface area contributed by atoms with E-state index in [2.05, 4.69) is 21.5 Å². The van der Waals surface area contributed by atoms with Crippen molar-refractivity contribution in [2.45, 2.75) is 32.5 Å². The summed E-state index contributed by atoms with van der Waals surface area (Å²) in [4.78, 5) is 47.5. The fourth-order valence-corrected chi connectivity index (χ4v) is 4.48. The number of likely N-dealkylation sites (N-methyl/N-ethyl adjacent to an activating group) is 1. The third-order valence-corrected chi connectivity index (χ3v) is 6.63. The lowest BCUT2D eigenvalue weighted by Crippen LogP contribution is -2.56. The lowest BCUT2D eigenvalue weighted by atomic mass is 9.99. The molecule has 0 spiro atoms. The van der Waals surface area contributed by atoms with E-state index in [1.54, 1.807) is 37.1 Å². The minimum atomic E-state index is -0.974. The van der Waals surface area contributed by atoms with Gasteiger partial charge in [-0.2, -0.15) is 0 Å². The average Bonchev–Trinajstić information content (AvgIpc) is 3.00. The van der Waals surface area contributed by atoms with Gasteiger partial charge in [0.05, 0.1) is 30.5 Å². The van der Waals surface area contributed by atoms with Crippen LogP contribution in [0.3, 0.4) is 0 Å². The van der Waals surface area contributed by atoms with Gasteiger partial charge in [0.15, 0.2) is 0 Å². The van der Waals surface area contributed by atoms with Crippen molar-refractivity contribution < 1.29 is 19.2 Å². The van der Waals surface area contributed by atoms with Gasteiger partial charge in [-0.05, 0) is 54.9 Å². The van der Waals surface area contributed by atoms with Crippen LogP contribution in [0.15, 0.2) is 60.7 Å². The van der Waals surface area contributed by atoms with Crippen LogP contribution in [-0.2, 0) is 25.8 Å². The summed E-state index contributed by atoms with van der Waals surface area (Å²) in [6.45, 7) is 3.57. The Labute approximate surface area is 210 Å². The Balaban J connectivity index is 1.83. The minimum Gasteiger partial charge on any atom is -0.341 e. The van der Waals surface area contributed by atoms with Crippen LogP contribution in [0.4, 0.5) is 11.4 Å². The molecule has 0 saturated carbocycles. The highest BCUT2D eigenvalue weighted by molar-refractivity contribution is 6.08. The van der Waals surface area contributed by atoms with Crippen LogP contribution in [0.2, 0.25) is 0 Å². The van der Waals surface area contributed by atoms with Gasteiger partial charge >= 0.3 is 0 Å². The topological polar surface area (TPSA) is 117 Å². The largest absolute Gasteiger partial charge is 0.341 e. The zero-order chi connectivity index (χ0) is 25.8. The number of nitrogens with two attached hydrogens (primary N) is 1. The van der Waals surface area contributed by atoms with E-state index in [-0.39, 0.29) is 31.5 Å². The van der Waals surface area contributed by atoms with Crippen LogP contribution in [0.25, 0.3) is 10.8 Å². The van der Waals surface area contributed by atoms with E-state index < -0.39 is 18.0 Å². The number of nitrogens with one attached hydrogen (secondary N) is 2. The second-order valence-electron chi connectivity index (χ2n) is 8.88. The van der Waals surface area contributed by atoms with Crippen LogP contribution in [-0.4, -0.2) is 50.0 Å². The maximum atomic E-state index is 14.0. The summed E-state index contributed by atoms with van der Waals surface area (Å²) >= 11 is 0. The van der Waals surface area contributed by atoms with Crippen molar-refractivity contribution in [3.8, 4) is 0 Å². The molecule has 1 unspecified atom stereocenters. The standard InChI is InChI=1S/C27H31N5O4/c1-17-12-13-19-8-4-5-9-20(19)21(17)14-32-24-11-7-6-10-23(24)31(25(33)16-36-28)15-22(27(32)35)30-26(34)18(2)29-3/h4-13,18,22,29H,14-16,28H2,1-3H3,(H,30,34)/t18-,22?/m0/s1. The van der Waals surface area contributed by atoms with Crippen molar-refractivity contribution in [2.75, 3.05) is 30.0 Å². The molecule has 3 aromatic rings. The minimum absolute atomic E-state index is 0.0504. The summed E-state index contributed by atoms with van der Waals surface area (Å²) in [7, 11) is 1.67. The molecule has 1 aliphatic heterocycles. The molecule has 1 aliphatic rings. The second-order valence-corrected chi connectivity index (χ2v) is 8.88. The van der Waals surface area contributed by atoms with Gasteiger partial charge in [0.25, 0.3) is 11.8 Å². The molecule has 0 aromatic heterocycles. The SMILES string of the molecule is CN[C@@H](C)C(=O)NC1CN(C(=O)CON)c2ccccc2N(Cc2c(C)ccc3ccccc23)C1=O. The molecule has 3 aromatic carbocycles. The Morgan fingerprint density at radius 3 is 2.50 bits per heavy atom. The Morgan fingerprint density at radius 2 is 1.78 bits per heavy atom. The number of rotatable bonds is 7. The van der Waals surface area contributed by atoms with Gasteiger partial charge in [-0.15, -0.1) is 0 Å². The molecule has 0 radical (unpaired) electrons. The summed E-state index contributed by atoms with van der Waals surface area (Å²) in [6.07, 6.45) is 0. The van der Waals surface area contributed by atoms with Crippen LogP contribution in [0.1, 0.15) is 18.1 Å². The van der Waals surface area contributed by atoms with Gasteiger partial charge in [-0.25, -0.2) is 5.90 Å². The molecular formula is C27H31N5O4. The van der Waals surface area contributed by atoms with Gasteiger partial charge in [0, 0.05) is 0 Å². The van der Waals surface area contributed by atoms with Crippen molar-refractivity contribution in [3.05, 3.63) is 71.8 Å². The molecule has 2 atom stereocenters. The van der Waals surface area contributed by atoms with E-state index in [9.17, 15) is 14.4 Å². The number of hydrogen-bond donors (Lipinski definition) is 3. The summed E-state index contributed by atoms with van der Waals surface area (Å²) in [6, 6.07) is 17.8. The monoisotopic (exact) mass is 489 g/mol. The first-order valence-corrected chi connectivity index (χ1v) is 11.8. The molecule has 4 N–H and O–H groups in total. The summed E-state index contributed by atoms with van der Waals surface area (Å²) in [5, 5.41) is 7.82. The molecule has 0 fully saturated rings. The van der Waals surface area contributed by atoms with E-state index in [0.29, 0.717) is 11.4 Å². The number of aryl methyl sites for hydroxylation is 1. The molecule has 0 aliphatic carbocycles. The number of carbonyl (C=O) groups excluding carboxylic acids is 3. The van der Waals surface area contributed by atoms with Gasteiger partial charge in [-0.3, -0.25) is 19.2 Å². The van der Waals surface area contributed by atoms with E-state index >= 15 is 0 Å². The lowest BCUT2D eigenvalue weighted by Gasteiger charge is -2.27. The first-order chi connectivity index (χ1) is 17.3. The molecule has 9 heteroatoms. The van der Waals surface area contributed by atoms with Crippen molar-refractivity contribution >= 4 is 39.9 Å². The molecular weight excluding hydrogens is 458 g/mol. The average molecular weight is 490 g/mol. The first kappa shape index (κ1) is 25.3. The Kier molecular flexibility index (Phi) is 7.64. The Morgan fingerprint density at radius 1 is 1.08 bits per heavy atom. The van der Waals surface area contributed by atoms with Crippen molar-refractivity contribution in [1.82, 2.24) is 10.6 Å². The molecule has 9 nitrogen and oxygen atoms in total. The lowest BCUT2D eigenvalue weighted by molar-refractivity contribution is -0.129. The number of benzene rings is 3. The normalized spacial score (nSPS) is 16.4. The third kappa shape index (κ3) is 4.94. The highest BCUT2D eigenvalue weighted by Gasteiger charge is 2.37. The van der Waals surface area contributed by atoms with Crippen molar-refractivity contribution in [1.29, 1.82) is 0 Å². The fraction of sp³-hybridized carbons (Fsp3) is 0.296. The Hall–Kier alpha value is -3.79. The third-order valence-electron chi connectivity index (χ3n) is 6.63. The summed E-state index contributed by atoms with van der Waals surface area (Å²) < 4.78 is 0. The van der Waals surface area contributed by atoms with Crippen LogP contribution in [0, 0.1) is 6.92 Å². The van der Waals surface area contributed by atoms with Gasteiger partial charge in [0.1, 0.15) is 12.6 Å². The number of amides is 3. The quantitative estimate of drug-likeness (QED) is 0.437. The zero-order valence-corrected chi connectivity index (χ0v) is 20.7. The molecule has 1 heterocycles. The van der Waals surface area contributed by atoms with Crippen molar-refractivity contribution in [3.63, 3.8) is 0 Å². The first-order valence-electron chi connectivity index (χ1n) is 11.8. The van der Waals surface area contributed by atoms with E-state index in [1.807, 2.05) is 43.3 Å². The highest BCUT2D eigenvalue weighted by Crippen LogP contribution is 2.35. The summed E-state index contributed by atoms with van der Waals surface area (Å²) in [5.41, 5.74) is 3.15. The number of fused-ring (bicyclic) bond motifs is 2. The molecule has 4 rings (SSSR count). The molecule has 0 saturated heterocycles. The van der Waals surface area contributed by atoms with E-state index in [4.69, 9.17) is 5.90 Å². The van der Waals surface area contributed by atoms with E-state index in [0.717, 1.165) is 21.9 Å². The maximum absolute atomic E-state index is 14.0. The number of nitrogens with zero attached hydrogens (tertiary/aromatic N) is 2. The smallest absolute Gasteiger partial charge is 0.255 e. The van der Waals surface area contributed by atoms with E-state index in [1.165, 1.54) is 4.90 Å². The number of anilines is 2. The second kappa shape index (κ2) is 10.9. The Bertz CT molecular complexity index is 1290. The van der Waals surface area contributed by atoms with Crippen LogP contribution in [0.5, 0.6) is 0 Å². The predicted molar refractivity (Wildman–Crippen MR) is 139 cm³/mol. The van der Waals surface area contributed by atoms with Crippen LogP contribution < -0.4 is 26.3 Å². The zero-order valence-electron chi connectivity index (χ0n) is 20.7. The summed E-state index contributed by atoms with van der Waals surface area (Å²) in [5.74, 6) is 4.12. The number of para-hydroxylation sites is 2. The highest BCUT2D eigenvalue weighted by atomic mass is 16.6. The van der Waals surface area contributed by atoms with Gasteiger partial charge in [-0.1, -0.05) is 48.5 Å². The molecule has 0 bridgehead atoms. The number of carbonyl (C=O) groups is 3. The molecule has 3 amide bonds. The molecule has 36 heavy (non-hydrogen) atoms. The van der Waals surface area contributed by atoms with Crippen molar-refractivity contribution in [2.24, 2.45) is 5.90 Å².